The molecule has 1 fully saturated rings. The molecule has 0 bridgehead atoms. The fraction of sp³-hybridized carbons (Fsp3) is 0.360. The number of halogens is 1. The third kappa shape index (κ3) is 4.20. The van der Waals surface area contributed by atoms with E-state index in [1.807, 2.05) is 45.0 Å². The van der Waals surface area contributed by atoms with Gasteiger partial charge in [0, 0.05) is 22.0 Å². The summed E-state index contributed by atoms with van der Waals surface area (Å²) in [5.74, 6) is 8.33. The van der Waals surface area contributed by atoms with Gasteiger partial charge in [-0.05, 0) is 84.8 Å². The average Bonchev–Trinajstić information content (AvgIpc) is 3.52. The van der Waals surface area contributed by atoms with Crippen LogP contribution >= 0.6 is 15.9 Å². The van der Waals surface area contributed by atoms with Gasteiger partial charge in [-0.3, -0.25) is 0 Å². The predicted molar refractivity (Wildman–Crippen MR) is 125 cm³/mol. The van der Waals surface area contributed by atoms with Gasteiger partial charge < -0.3 is 14.2 Å². The van der Waals surface area contributed by atoms with Crippen molar-refractivity contribution < 1.29 is 19.0 Å². The molecule has 1 saturated carbocycles. The number of aromatic nitrogens is 2. The van der Waals surface area contributed by atoms with Gasteiger partial charge in [-0.1, -0.05) is 12.0 Å². The van der Waals surface area contributed by atoms with Crippen LogP contribution in [0.25, 0.3) is 22.2 Å². The van der Waals surface area contributed by atoms with Crippen LogP contribution in [0.3, 0.4) is 0 Å². The molecule has 0 spiro atoms. The van der Waals surface area contributed by atoms with Crippen molar-refractivity contribution in [2.45, 2.75) is 39.2 Å². The van der Waals surface area contributed by atoms with E-state index in [1.165, 1.54) is 4.57 Å². The summed E-state index contributed by atoms with van der Waals surface area (Å²) in [5.41, 5.74) is 2.32. The molecule has 0 saturated heterocycles. The molecule has 7 heteroatoms. The standard InChI is InChI=1S/C25H23BrN2O4/c1-25(2,3)32-24(29)28-14-19(26)22-18(13-17(27-23(22)28)8-6-15-4-5-15)16-7-9-20-21(12-16)31-11-10-30-20/h7,9,12-15H,4-5,10-11H2,1-3H3. The Morgan fingerprint density at radius 1 is 1.19 bits per heavy atom. The highest BCUT2D eigenvalue weighted by Gasteiger charge is 2.24. The lowest BCUT2D eigenvalue weighted by molar-refractivity contribution is 0.0543. The van der Waals surface area contributed by atoms with Crippen molar-refractivity contribution in [2.24, 2.45) is 5.92 Å². The largest absolute Gasteiger partial charge is 0.486 e. The highest BCUT2D eigenvalue weighted by Crippen LogP contribution is 2.40. The minimum Gasteiger partial charge on any atom is -0.486 e. The molecule has 6 nitrogen and oxygen atoms in total. The van der Waals surface area contributed by atoms with Crippen molar-refractivity contribution in [2.75, 3.05) is 13.2 Å². The van der Waals surface area contributed by atoms with Gasteiger partial charge in [0.15, 0.2) is 17.1 Å². The molecule has 2 aliphatic rings. The molecule has 0 N–H and O–H groups in total. The number of hydrogen-bond acceptors (Lipinski definition) is 5. The maximum Gasteiger partial charge on any atom is 0.420 e. The van der Waals surface area contributed by atoms with Crippen molar-refractivity contribution in [1.29, 1.82) is 0 Å². The van der Waals surface area contributed by atoms with E-state index < -0.39 is 11.7 Å². The lowest BCUT2D eigenvalue weighted by Gasteiger charge is -2.20. The minimum atomic E-state index is -0.623. The molecular formula is C25H23BrN2O4. The van der Waals surface area contributed by atoms with E-state index in [0.717, 1.165) is 39.6 Å². The summed E-state index contributed by atoms with van der Waals surface area (Å²) < 4.78 is 19.2. The molecule has 0 radical (unpaired) electrons. The maximum atomic E-state index is 12.9. The second-order valence-corrected chi connectivity index (χ2v) is 9.84. The quantitative estimate of drug-likeness (QED) is 0.401. The molecular weight excluding hydrogens is 472 g/mol. The Bertz CT molecular complexity index is 1290. The fourth-order valence-electron chi connectivity index (χ4n) is 3.54. The van der Waals surface area contributed by atoms with Crippen LogP contribution in [0.5, 0.6) is 11.5 Å². The van der Waals surface area contributed by atoms with Gasteiger partial charge in [0.1, 0.15) is 24.5 Å². The number of fused-ring (bicyclic) bond motifs is 2. The lowest BCUT2D eigenvalue weighted by atomic mass is 10.0. The third-order valence-electron chi connectivity index (χ3n) is 5.13. The number of benzene rings is 1. The Kier molecular flexibility index (Phi) is 5.13. The molecule has 3 aromatic rings. The molecule has 0 unspecified atom stereocenters. The maximum absolute atomic E-state index is 12.9. The number of ether oxygens (including phenoxy) is 3. The highest BCUT2D eigenvalue weighted by atomic mass is 79.9. The number of carbonyl (C=O) groups excluding carboxylic acids is 1. The van der Waals surface area contributed by atoms with Crippen LogP contribution in [0.15, 0.2) is 34.9 Å². The van der Waals surface area contributed by atoms with E-state index >= 15 is 0 Å². The molecule has 164 valence electrons. The van der Waals surface area contributed by atoms with Crippen LogP contribution in [-0.2, 0) is 4.74 Å². The molecule has 2 aromatic heterocycles. The van der Waals surface area contributed by atoms with E-state index in [4.69, 9.17) is 19.2 Å². The molecule has 1 aromatic carbocycles. The Morgan fingerprint density at radius 2 is 1.94 bits per heavy atom. The first-order valence-corrected chi connectivity index (χ1v) is 11.4. The second-order valence-electron chi connectivity index (χ2n) is 8.98. The minimum absolute atomic E-state index is 0.439. The first-order valence-electron chi connectivity index (χ1n) is 10.6. The number of rotatable bonds is 1. The smallest absolute Gasteiger partial charge is 0.420 e. The molecule has 3 heterocycles. The van der Waals surface area contributed by atoms with E-state index in [1.54, 1.807) is 6.20 Å². The van der Waals surface area contributed by atoms with E-state index in [-0.39, 0.29) is 0 Å². The van der Waals surface area contributed by atoms with Gasteiger partial charge >= 0.3 is 6.09 Å². The summed E-state index contributed by atoms with van der Waals surface area (Å²) >= 11 is 3.62. The van der Waals surface area contributed by atoms with Gasteiger partial charge in [-0.2, -0.15) is 0 Å². The van der Waals surface area contributed by atoms with E-state index in [0.29, 0.717) is 36.2 Å². The Balaban J connectivity index is 1.69. The first-order chi connectivity index (χ1) is 15.3. The van der Waals surface area contributed by atoms with E-state index in [2.05, 4.69) is 27.8 Å². The van der Waals surface area contributed by atoms with Gasteiger partial charge in [0.25, 0.3) is 0 Å². The molecule has 0 amide bonds. The van der Waals surface area contributed by atoms with Gasteiger partial charge in [-0.25, -0.2) is 14.3 Å². The molecule has 1 aliphatic heterocycles. The summed E-state index contributed by atoms with van der Waals surface area (Å²) in [7, 11) is 0. The van der Waals surface area contributed by atoms with Crippen LogP contribution in [0, 0.1) is 17.8 Å². The Labute approximate surface area is 195 Å². The van der Waals surface area contributed by atoms with Crippen LogP contribution in [0.4, 0.5) is 4.79 Å². The van der Waals surface area contributed by atoms with E-state index in [9.17, 15) is 4.79 Å². The molecule has 1 aliphatic carbocycles. The number of nitrogens with zero attached hydrogens (tertiary/aromatic N) is 2. The average molecular weight is 495 g/mol. The second kappa shape index (κ2) is 7.86. The van der Waals surface area contributed by atoms with Gasteiger partial charge in [0.2, 0.25) is 0 Å². The summed E-state index contributed by atoms with van der Waals surface area (Å²) in [6, 6.07) is 7.81. The summed E-state index contributed by atoms with van der Waals surface area (Å²) in [6.45, 7) is 6.57. The zero-order valence-corrected chi connectivity index (χ0v) is 19.8. The zero-order valence-electron chi connectivity index (χ0n) is 18.2. The van der Waals surface area contributed by atoms with Crippen molar-refractivity contribution in [3.63, 3.8) is 0 Å². The SMILES string of the molecule is CC(C)(C)OC(=O)n1cc(Br)c2c(-c3ccc4c(c3)OCCO4)cc(C#CC3CC3)nc21. The van der Waals surface area contributed by atoms with Crippen LogP contribution < -0.4 is 9.47 Å². The Hall–Kier alpha value is -2.98. The summed E-state index contributed by atoms with van der Waals surface area (Å²) in [6.07, 6.45) is 3.47. The van der Waals surface area contributed by atoms with Gasteiger partial charge in [0.05, 0.1) is 0 Å². The van der Waals surface area contributed by atoms with Crippen LogP contribution in [-0.4, -0.2) is 34.5 Å². The monoisotopic (exact) mass is 494 g/mol. The van der Waals surface area contributed by atoms with Gasteiger partial charge in [-0.15, -0.1) is 0 Å². The van der Waals surface area contributed by atoms with Crippen LogP contribution in [0.2, 0.25) is 0 Å². The number of pyridine rings is 1. The number of hydrogen-bond donors (Lipinski definition) is 0. The van der Waals surface area contributed by atoms with Crippen molar-refractivity contribution >= 4 is 33.1 Å². The molecule has 5 rings (SSSR count). The predicted octanol–water partition coefficient (Wildman–Crippen LogP) is 5.78. The highest BCUT2D eigenvalue weighted by molar-refractivity contribution is 9.10. The number of carbonyl (C=O) groups is 1. The normalized spacial score (nSPS) is 15.2. The topological polar surface area (TPSA) is 62.6 Å². The van der Waals surface area contributed by atoms with Crippen LogP contribution in [0.1, 0.15) is 39.3 Å². The third-order valence-corrected chi connectivity index (χ3v) is 5.74. The fourth-order valence-corrected chi connectivity index (χ4v) is 4.13. The Morgan fingerprint density at radius 3 is 2.66 bits per heavy atom. The van der Waals surface area contributed by atoms with Crippen molar-refractivity contribution in [1.82, 2.24) is 9.55 Å². The summed E-state index contributed by atoms with van der Waals surface area (Å²) in [4.78, 5) is 17.6. The lowest BCUT2D eigenvalue weighted by Crippen LogP contribution is -2.26. The van der Waals surface area contributed by atoms with Crippen molar-refractivity contribution in [3.05, 3.63) is 40.6 Å². The van der Waals surface area contributed by atoms with Crippen molar-refractivity contribution in [3.8, 4) is 34.5 Å². The molecule has 0 atom stereocenters. The molecule has 32 heavy (non-hydrogen) atoms. The summed E-state index contributed by atoms with van der Waals surface area (Å²) in [5, 5.41) is 0.810. The first kappa shape index (κ1) is 20.9. The zero-order chi connectivity index (χ0) is 22.5.